The summed E-state index contributed by atoms with van der Waals surface area (Å²) in [6, 6.07) is 3.61. The van der Waals surface area contributed by atoms with Crippen molar-refractivity contribution < 1.29 is 28.7 Å². The van der Waals surface area contributed by atoms with Crippen LogP contribution in [-0.2, 0) is 30.3 Å². The number of carbonyl (C=O) groups is 4. The molecule has 144 valence electrons. The molecule has 2 heterocycles. The van der Waals surface area contributed by atoms with Crippen LogP contribution in [0.2, 0.25) is 0 Å². The summed E-state index contributed by atoms with van der Waals surface area (Å²) < 4.78 is 4.74. The molecule has 1 aliphatic rings. The molecule has 1 saturated heterocycles. The van der Waals surface area contributed by atoms with Crippen LogP contribution in [0.3, 0.4) is 0 Å². The van der Waals surface area contributed by atoms with E-state index in [1.807, 2.05) is 11.4 Å². The van der Waals surface area contributed by atoms with Crippen LogP contribution in [0.1, 0.15) is 38.0 Å². The van der Waals surface area contributed by atoms with Gasteiger partial charge in [0.15, 0.2) is 0 Å². The Kier molecular flexibility index (Phi) is 6.76. The standard InChI is InChI=1S/C18H21N3O5S/c1-3-18(15(23)14(20-19)16(24)26-4-2)8-6-9-21(17(18)25)13(22)11-12-7-5-10-27-12/h5,7,10H,3-4,6,8-9,11H2,1-2H3/t18-/m1/s1. The van der Waals surface area contributed by atoms with Crippen molar-refractivity contribution in [3.8, 4) is 0 Å². The van der Waals surface area contributed by atoms with Crippen LogP contribution in [0.4, 0.5) is 0 Å². The van der Waals surface area contributed by atoms with Gasteiger partial charge in [0.25, 0.3) is 5.78 Å². The summed E-state index contributed by atoms with van der Waals surface area (Å²) in [5.74, 6) is -3.06. The van der Waals surface area contributed by atoms with E-state index in [0.29, 0.717) is 6.42 Å². The van der Waals surface area contributed by atoms with Crippen molar-refractivity contribution in [3.63, 3.8) is 0 Å². The van der Waals surface area contributed by atoms with Gasteiger partial charge in [0.05, 0.1) is 13.0 Å². The number of hydrogen-bond acceptors (Lipinski definition) is 6. The van der Waals surface area contributed by atoms with Gasteiger partial charge in [-0.1, -0.05) is 13.0 Å². The highest BCUT2D eigenvalue weighted by atomic mass is 32.1. The van der Waals surface area contributed by atoms with Gasteiger partial charge < -0.3 is 10.3 Å². The highest BCUT2D eigenvalue weighted by molar-refractivity contribution is 7.10. The summed E-state index contributed by atoms with van der Waals surface area (Å²) in [6.07, 6.45) is 0.730. The van der Waals surface area contributed by atoms with Crippen molar-refractivity contribution in [2.24, 2.45) is 5.41 Å². The van der Waals surface area contributed by atoms with E-state index < -0.39 is 34.7 Å². The molecule has 1 aromatic heterocycles. The quantitative estimate of drug-likeness (QED) is 0.230. The lowest BCUT2D eigenvalue weighted by molar-refractivity contribution is -0.159. The fraction of sp³-hybridized carbons (Fsp3) is 0.500. The third-order valence-electron chi connectivity index (χ3n) is 4.67. The van der Waals surface area contributed by atoms with Crippen LogP contribution >= 0.6 is 11.3 Å². The topological polar surface area (TPSA) is 117 Å². The fourth-order valence-electron chi connectivity index (χ4n) is 3.21. The van der Waals surface area contributed by atoms with Crippen molar-refractivity contribution in [1.29, 1.82) is 0 Å². The highest BCUT2D eigenvalue weighted by Crippen LogP contribution is 2.36. The van der Waals surface area contributed by atoms with Crippen LogP contribution in [0.5, 0.6) is 0 Å². The number of Topliss-reactive ketones (excluding diaryl/α,β-unsaturated/α-hetero) is 1. The number of likely N-dealkylation sites (tertiary alicyclic amines) is 1. The van der Waals surface area contributed by atoms with E-state index in [1.54, 1.807) is 19.9 Å². The number of hydrogen-bond donors (Lipinski definition) is 0. The molecule has 1 atom stereocenters. The van der Waals surface area contributed by atoms with Crippen LogP contribution in [0, 0.1) is 5.41 Å². The first-order chi connectivity index (χ1) is 12.9. The summed E-state index contributed by atoms with van der Waals surface area (Å²) in [5, 5.41) is 1.84. The Morgan fingerprint density at radius 3 is 2.67 bits per heavy atom. The summed E-state index contributed by atoms with van der Waals surface area (Å²) in [7, 11) is 0. The predicted octanol–water partition coefficient (Wildman–Crippen LogP) is 1.64. The minimum Gasteiger partial charge on any atom is -0.457 e. The number of nitrogens with zero attached hydrogens (tertiary/aromatic N) is 3. The van der Waals surface area contributed by atoms with Crippen molar-refractivity contribution in [2.45, 2.75) is 39.5 Å². The second kappa shape index (κ2) is 8.83. The van der Waals surface area contributed by atoms with Crippen LogP contribution in [0.15, 0.2) is 17.5 Å². The van der Waals surface area contributed by atoms with E-state index in [-0.39, 0.29) is 32.4 Å². The maximum atomic E-state index is 13.1. The number of thiophene rings is 1. The highest BCUT2D eigenvalue weighted by Gasteiger charge is 2.55. The number of imide groups is 1. The zero-order valence-corrected chi connectivity index (χ0v) is 16.1. The van der Waals surface area contributed by atoms with Crippen molar-refractivity contribution in [3.05, 3.63) is 27.9 Å². The normalized spacial score (nSPS) is 19.3. The SMILES string of the molecule is CCOC(=O)C(=[N+]=[N-])C(=O)[C@@]1(CC)CCCN(C(=O)Cc2cccs2)C1=O. The Labute approximate surface area is 160 Å². The first kappa shape index (κ1) is 20.7. The Morgan fingerprint density at radius 2 is 2.11 bits per heavy atom. The molecule has 9 heteroatoms. The minimum atomic E-state index is -1.61. The monoisotopic (exact) mass is 391 g/mol. The molecule has 1 fully saturated rings. The number of ketones is 1. The van der Waals surface area contributed by atoms with Crippen LogP contribution in [-0.4, -0.2) is 52.1 Å². The molecule has 0 unspecified atom stereocenters. The van der Waals surface area contributed by atoms with Gasteiger partial charge in [-0.15, -0.1) is 11.3 Å². The smallest absolute Gasteiger partial charge is 0.442 e. The van der Waals surface area contributed by atoms with E-state index >= 15 is 0 Å². The lowest BCUT2D eigenvalue weighted by Gasteiger charge is -2.37. The van der Waals surface area contributed by atoms with Gasteiger partial charge in [0.2, 0.25) is 11.8 Å². The van der Waals surface area contributed by atoms with Gasteiger partial charge in [-0.25, -0.2) is 4.79 Å². The average Bonchev–Trinajstić information content (AvgIpc) is 3.15. The zero-order valence-electron chi connectivity index (χ0n) is 15.3. The molecule has 0 radical (unpaired) electrons. The van der Waals surface area contributed by atoms with Gasteiger partial charge in [-0.2, -0.15) is 4.79 Å². The third kappa shape index (κ3) is 4.04. The minimum absolute atomic E-state index is 0.0103. The van der Waals surface area contributed by atoms with Crippen molar-refractivity contribution >= 4 is 40.6 Å². The second-order valence-corrected chi connectivity index (χ2v) is 7.18. The van der Waals surface area contributed by atoms with E-state index in [4.69, 9.17) is 10.3 Å². The van der Waals surface area contributed by atoms with Gasteiger partial charge in [0, 0.05) is 11.4 Å². The molecule has 0 spiro atoms. The Bertz CT molecular complexity index is 798. The molecule has 8 nitrogen and oxygen atoms in total. The van der Waals surface area contributed by atoms with Gasteiger partial charge in [0.1, 0.15) is 5.41 Å². The number of amides is 2. The Balaban J connectivity index is 2.30. The molecule has 1 aliphatic heterocycles. The summed E-state index contributed by atoms with van der Waals surface area (Å²) in [4.78, 5) is 55.2. The maximum absolute atomic E-state index is 13.1. The first-order valence-electron chi connectivity index (χ1n) is 8.72. The number of rotatable bonds is 7. The molecule has 0 bridgehead atoms. The molecule has 0 N–H and O–H groups in total. The third-order valence-corrected chi connectivity index (χ3v) is 5.54. The van der Waals surface area contributed by atoms with Crippen LogP contribution in [0.25, 0.3) is 5.53 Å². The Morgan fingerprint density at radius 1 is 1.37 bits per heavy atom. The van der Waals surface area contributed by atoms with E-state index in [9.17, 15) is 19.2 Å². The molecule has 0 aliphatic carbocycles. The Hall–Kier alpha value is -2.64. The summed E-state index contributed by atoms with van der Waals surface area (Å²) in [5.41, 5.74) is 6.71. The number of piperidine rings is 1. The molecule has 1 aromatic rings. The molecule has 2 rings (SSSR count). The van der Waals surface area contributed by atoms with E-state index in [2.05, 4.69) is 4.79 Å². The van der Waals surface area contributed by atoms with Gasteiger partial charge in [-0.05, 0) is 37.6 Å². The maximum Gasteiger partial charge on any atom is 0.442 e. The van der Waals surface area contributed by atoms with Crippen molar-refractivity contribution in [2.75, 3.05) is 13.2 Å². The number of esters is 1. The largest absolute Gasteiger partial charge is 0.457 e. The van der Waals surface area contributed by atoms with E-state index in [1.165, 1.54) is 11.3 Å². The lowest BCUT2D eigenvalue weighted by atomic mass is 9.71. The van der Waals surface area contributed by atoms with Gasteiger partial charge in [-0.3, -0.25) is 19.3 Å². The average molecular weight is 391 g/mol. The van der Waals surface area contributed by atoms with Crippen LogP contribution < -0.4 is 0 Å². The summed E-state index contributed by atoms with van der Waals surface area (Å²) >= 11 is 1.41. The lowest BCUT2D eigenvalue weighted by Crippen LogP contribution is -2.57. The molecular weight excluding hydrogens is 370 g/mol. The molecule has 0 saturated carbocycles. The summed E-state index contributed by atoms with van der Waals surface area (Å²) in [6.45, 7) is 3.37. The number of ether oxygens (including phenoxy) is 1. The molecular formula is C18H21N3O5S. The van der Waals surface area contributed by atoms with Crippen molar-refractivity contribution in [1.82, 2.24) is 4.90 Å². The first-order valence-corrected chi connectivity index (χ1v) is 9.60. The molecule has 27 heavy (non-hydrogen) atoms. The molecule has 0 aromatic carbocycles. The zero-order chi connectivity index (χ0) is 20.0. The van der Waals surface area contributed by atoms with Gasteiger partial charge >= 0.3 is 11.7 Å². The predicted molar refractivity (Wildman–Crippen MR) is 97.0 cm³/mol. The molecule has 2 amide bonds. The fourth-order valence-corrected chi connectivity index (χ4v) is 3.90. The van der Waals surface area contributed by atoms with E-state index in [0.717, 1.165) is 9.78 Å². The number of carbonyl (C=O) groups excluding carboxylic acids is 4. The second-order valence-electron chi connectivity index (χ2n) is 6.14.